The van der Waals surface area contributed by atoms with Crippen LogP contribution < -0.4 is 27.4 Å². The highest BCUT2D eigenvalue weighted by Gasteiger charge is 2.75. The van der Waals surface area contributed by atoms with E-state index in [9.17, 15) is 24.6 Å². The number of guanidine groups is 2. The summed E-state index contributed by atoms with van der Waals surface area (Å²) < 4.78 is 1.47. The Labute approximate surface area is 200 Å². The minimum atomic E-state index is -2.58. The number of carbonyl (C=O) groups excluding carboxylic acids is 3. The molecular weight excluding hydrogens is 456 g/mol. The number of amides is 3. The highest BCUT2D eigenvalue weighted by molar-refractivity contribution is 6.02. The average Bonchev–Trinajstić information content (AvgIpc) is 3.42. The van der Waals surface area contributed by atoms with Gasteiger partial charge in [0.05, 0.1) is 13.1 Å². The van der Waals surface area contributed by atoms with Gasteiger partial charge in [0, 0.05) is 18.4 Å². The predicted octanol–water partition coefficient (Wildman–Crippen LogP) is -3.53. The molecule has 35 heavy (non-hydrogen) atoms. The highest BCUT2D eigenvalue weighted by atomic mass is 16.5. The minimum Gasteiger partial charge on any atom is -0.370 e. The van der Waals surface area contributed by atoms with E-state index in [0.717, 1.165) is 16.9 Å². The molecule has 1 aromatic rings. The predicted molar refractivity (Wildman–Crippen MR) is 123 cm³/mol. The molecule has 0 aromatic heterocycles. The Morgan fingerprint density at radius 3 is 2.69 bits per heavy atom. The van der Waals surface area contributed by atoms with Crippen molar-refractivity contribution < 1.29 is 29.2 Å². The molecule has 4 aliphatic heterocycles. The Kier molecular flexibility index (Phi) is 5.21. The molecule has 0 saturated carbocycles. The summed E-state index contributed by atoms with van der Waals surface area (Å²) in [5, 5.41) is 31.6. The van der Waals surface area contributed by atoms with Crippen molar-refractivity contribution in [3.63, 3.8) is 0 Å². The normalized spacial score (nSPS) is 31.0. The quantitative estimate of drug-likeness (QED) is 0.125. The number of imide groups is 1. The van der Waals surface area contributed by atoms with Gasteiger partial charge in [0.1, 0.15) is 18.1 Å². The second-order valence-electron chi connectivity index (χ2n) is 9.30. The van der Waals surface area contributed by atoms with Crippen LogP contribution in [0.5, 0.6) is 0 Å². The van der Waals surface area contributed by atoms with Crippen molar-refractivity contribution in [3.05, 3.63) is 35.4 Å². The van der Waals surface area contributed by atoms with Gasteiger partial charge in [-0.3, -0.25) is 30.3 Å². The molecule has 13 nitrogen and oxygen atoms in total. The van der Waals surface area contributed by atoms with Crippen molar-refractivity contribution in [2.45, 2.75) is 55.8 Å². The molecule has 4 atom stereocenters. The molecular formula is C22H29N8O5+. The summed E-state index contributed by atoms with van der Waals surface area (Å²) in [4.78, 5) is 42.9. The first kappa shape index (κ1) is 23.1. The summed E-state index contributed by atoms with van der Waals surface area (Å²) in [6.45, 7) is 1.83. The first-order valence-corrected chi connectivity index (χ1v) is 11.5. The number of benzene rings is 1. The monoisotopic (exact) mass is 485 g/mol. The largest absolute Gasteiger partial charge is 0.370 e. The van der Waals surface area contributed by atoms with Gasteiger partial charge in [0.2, 0.25) is 23.3 Å². The van der Waals surface area contributed by atoms with E-state index in [-0.39, 0.29) is 49.7 Å². The van der Waals surface area contributed by atoms with Crippen LogP contribution in [0.4, 0.5) is 0 Å². The zero-order chi connectivity index (χ0) is 25.1. The van der Waals surface area contributed by atoms with Gasteiger partial charge in [-0.05, 0) is 24.1 Å². The van der Waals surface area contributed by atoms with E-state index in [2.05, 4.69) is 20.9 Å². The van der Waals surface area contributed by atoms with Gasteiger partial charge in [-0.2, -0.15) is 0 Å². The summed E-state index contributed by atoms with van der Waals surface area (Å²) in [5.74, 6) is -3.69. The highest BCUT2D eigenvalue weighted by Crippen LogP contribution is 2.41. The fraction of sp³-hybridized carbons (Fsp3) is 0.500. The van der Waals surface area contributed by atoms with Crippen LogP contribution >= 0.6 is 0 Å². The topological polar surface area (TPSA) is 198 Å². The second kappa shape index (κ2) is 7.92. The molecule has 0 radical (unpaired) electrons. The molecule has 4 heterocycles. The number of nitrogens with two attached hydrogens (primary N) is 2. The molecule has 2 fully saturated rings. The molecule has 186 valence electrons. The number of hydrogen-bond acceptors (Lipinski definition) is 10. The van der Waals surface area contributed by atoms with Crippen LogP contribution in [0.15, 0.2) is 29.3 Å². The van der Waals surface area contributed by atoms with Crippen molar-refractivity contribution >= 4 is 29.6 Å². The number of nitrogens with zero attached hydrogens (tertiary/aromatic N) is 3. The lowest BCUT2D eigenvalue weighted by Crippen LogP contribution is -2.79. The summed E-state index contributed by atoms with van der Waals surface area (Å²) in [6, 6.07) is 4.18. The zero-order valence-electron chi connectivity index (χ0n) is 19.2. The fourth-order valence-electron chi connectivity index (χ4n) is 5.50. The summed E-state index contributed by atoms with van der Waals surface area (Å²) in [5.41, 5.74) is 11.9. The number of nitrogens with one attached hydrogen (secondary N) is 3. The number of aliphatic imine (C=N–C) groups is 1. The Hall–Kier alpha value is -3.71. The maximum absolute atomic E-state index is 13.0. The maximum atomic E-state index is 13.0. The lowest BCUT2D eigenvalue weighted by molar-refractivity contribution is -0.623. The van der Waals surface area contributed by atoms with Crippen molar-refractivity contribution in [1.29, 1.82) is 0 Å². The maximum Gasteiger partial charge on any atom is 0.346 e. The zero-order valence-corrected chi connectivity index (χ0v) is 19.2. The lowest BCUT2D eigenvalue weighted by atomic mass is 9.85. The van der Waals surface area contributed by atoms with Crippen LogP contribution in [-0.4, -0.2) is 92.0 Å². The molecule has 5 rings (SSSR count). The number of aliphatic hydroxyl groups is 2. The molecule has 0 bridgehead atoms. The standard InChI is InChI=1S/C22H28N8O5/c1-2-11-4-3-5-12(8-11)18(33)26-14-10-30-20(24)25-13(9-29-15(31)6-7-16(29)32)17-21(30,22(14,34)35)28-19(23)27-17/h3-5,8,13-14,17,34-35H,2,6-7,9-10H2,1H3,(H6,23,24,25,26,27,28,33)/p+1/t13-,14?,17-,21-/m0/s1. The fourth-order valence-corrected chi connectivity index (χ4v) is 5.50. The first-order chi connectivity index (χ1) is 16.6. The summed E-state index contributed by atoms with van der Waals surface area (Å²) >= 11 is 0. The number of carbonyl (C=O) groups is 3. The average molecular weight is 486 g/mol. The Balaban J connectivity index is 1.46. The van der Waals surface area contributed by atoms with Gasteiger partial charge in [-0.25, -0.2) is 9.57 Å². The van der Waals surface area contributed by atoms with Crippen LogP contribution in [-0.2, 0) is 16.0 Å². The van der Waals surface area contributed by atoms with Gasteiger partial charge < -0.3 is 26.6 Å². The third-order valence-corrected chi connectivity index (χ3v) is 7.30. The molecule has 3 amide bonds. The lowest BCUT2D eigenvalue weighted by Gasteiger charge is -2.44. The first-order valence-electron chi connectivity index (χ1n) is 11.5. The van der Waals surface area contributed by atoms with E-state index in [1.165, 1.54) is 4.58 Å². The van der Waals surface area contributed by atoms with Crippen molar-refractivity contribution in [3.8, 4) is 0 Å². The smallest absolute Gasteiger partial charge is 0.346 e. The van der Waals surface area contributed by atoms with E-state index in [1.807, 2.05) is 13.0 Å². The molecule has 4 aliphatic rings. The minimum absolute atomic E-state index is 0.0596. The second-order valence-corrected chi connectivity index (χ2v) is 9.30. The number of rotatable bonds is 5. The summed E-state index contributed by atoms with van der Waals surface area (Å²) in [6.07, 6.45) is 0.982. The molecule has 1 aromatic carbocycles. The van der Waals surface area contributed by atoms with Gasteiger partial charge in [-0.1, -0.05) is 19.1 Å². The van der Waals surface area contributed by atoms with E-state index < -0.39 is 35.5 Å². The molecule has 2 saturated heterocycles. The summed E-state index contributed by atoms with van der Waals surface area (Å²) in [7, 11) is 0. The van der Waals surface area contributed by atoms with E-state index in [1.54, 1.807) is 18.2 Å². The number of hydrogen-bond donors (Lipinski definition) is 7. The SMILES string of the molecule is CCc1cccc(C(=O)NC2C[N+]3=C(N)N[C@@H](CN4C(=O)CCC4=O)[C@@H]4N=C(N)N[C@@]43C2(O)O)c1. The van der Waals surface area contributed by atoms with Crippen LogP contribution in [0, 0.1) is 0 Å². The van der Waals surface area contributed by atoms with E-state index in [0.29, 0.717) is 5.56 Å². The van der Waals surface area contributed by atoms with Crippen LogP contribution in [0.2, 0.25) is 0 Å². The van der Waals surface area contributed by atoms with Crippen molar-refractivity contribution in [1.82, 2.24) is 20.9 Å². The third kappa shape index (κ3) is 3.33. The van der Waals surface area contributed by atoms with Gasteiger partial charge >= 0.3 is 5.96 Å². The molecule has 9 N–H and O–H groups in total. The van der Waals surface area contributed by atoms with Gasteiger partial charge in [0.15, 0.2) is 5.96 Å². The molecule has 1 spiro atoms. The molecule has 13 heteroatoms. The third-order valence-electron chi connectivity index (χ3n) is 7.30. The molecule has 1 unspecified atom stereocenters. The Bertz CT molecular complexity index is 1160. The number of likely N-dealkylation sites (tertiary alicyclic amines) is 1. The van der Waals surface area contributed by atoms with Crippen molar-refractivity contribution in [2.75, 3.05) is 13.1 Å². The van der Waals surface area contributed by atoms with Gasteiger partial charge in [-0.15, -0.1) is 0 Å². The van der Waals surface area contributed by atoms with Crippen LogP contribution in [0.25, 0.3) is 0 Å². The van der Waals surface area contributed by atoms with E-state index >= 15 is 0 Å². The van der Waals surface area contributed by atoms with Crippen LogP contribution in [0.3, 0.4) is 0 Å². The Morgan fingerprint density at radius 2 is 2.00 bits per heavy atom. The van der Waals surface area contributed by atoms with Crippen LogP contribution in [0.1, 0.15) is 35.7 Å². The number of aryl methyl sites for hydroxylation is 1. The van der Waals surface area contributed by atoms with E-state index in [4.69, 9.17) is 11.5 Å². The Morgan fingerprint density at radius 1 is 1.29 bits per heavy atom. The molecule has 0 aliphatic carbocycles. The van der Waals surface area contributed by atoms with Crippen molar-refractivity contribution in [2.24, 2.45) is 16.5 Å². The van der Waals surface area contributed by atoms with Gasteiger partial charge in [0.25, 0.3) is 5.91 Å².